The highest BCUT2D eigenvalue weighted by molar-refractivity contribution is 6.32. The fourth-order valence-electron chi connectivity index (χ4n) is 2.22. The Morgan fingerprint density at radius 3 is 2.61 bits per heavy atom. The SMILES string of the molecule is CCCCCC(NCCC)c1cccc(C)c1Cl. The van der Waals surface area contributed by atoms with Crippen LogP contribution in [0, 0.1) is 6.92 Å². The lowest BCUT2D eigenvalue weighted by Crippen LogP contribution is -2.22. The van der Waals surface area contributed by atoms with Gasteiger partial charge in [0, 0.05) is 11.1 Å². The van der Waals surface area contributed by atoms with Crippen LogP contribution in [0.4, 0.5) is 0 Å². The Morgan fingerprint density at radius 2 is 1.94 bits per heavy atom. The molecule has 1 atom stereocenters. The first kappa shape index (κ1) is 15.5. The first-order valence-corrected chi connectivity index (χ1v) is 7.56. The van der Waals surface area contributed by atoms with Crippen LogP contribution in [0.5, 0.6) is 0 Å². The van der Waals surface area contributed by atoms with Crippen molar-refractivity contribution >= 4 is 11.6 Å². The van der Waals surface area contributed by atoms with E-state index in [0.29, 0.717) is 6.04 Å². The smallest absolute Gasteiger partial charge is 0.0482 e. The molecule has 0 heterocycles. The minimum absolute atomic E-state index is 0.406. The van der Waals surface area contributed by atoms with Gasteiger partial charge in [0.05, 0.1) is 0 Å². The number of hydrogen-bond donors (Lipinski definition) is 1. The number of rotatable bonds is 8. The molecule has 1 N–H and O–H groups in total. The molecule has 0 radical (unpaired) electrons. The summed E-state index contributed by atoms with van der Waals surface area (Å²) in [5, 5.41) is 4.56. The van der Waals surface area contributed by atoms with E-state index in [0.717, 1.165) is 18.0 Å². The lowest BCUT2D eigenvalue weighted by molar-refractivity contribution is 0.474. The summed E-state index contributed by atoms with van der Waals surface area (Å²) in [4.78, 5) is 0. The fourth-order valence-corrected chi connectivity index (χ4v) is 2.48. The molecule has 0 aliphatic carbocycles. The molecule has 18 heavy (non-hydrogen) atoms. The summed E-state index contributed by atoms with van der Waals surface area (Å²) in [7, 11) is 0. The van der Waals surface area contributed by atoms with Gasteiger partial charge in [-0.05, 0) is 37.4 Å². The Kier molecular flexibility index (Phi) is 7.38. The molecule has 2 heteroatoms. The number of hydrogen-bond acceptors (Lipinski definition) is 1. The highest BCUT2D eigenvalue weighted by Gasteiger charge is 2.14. The third-order valence-electron chi connectivity index (χ3n) is 3.33. The topological polar surface area (TPSA) is 12.0 Å². The van der Waals surface area contributed by atoms with Gasteiger partial charge in [0.15, 0.2) is 0 Å². The molecular formula is C16H26ClN. The second-order valence-electron chi connectivity index (χ2n) is 4.98. The highest BCUT2D eigenvalue weighted by atomic mass is 35.5. The summed E-state index contributed by atoms with van der Waals surface area (Å²) in [5.74, 6) is 0. The predicted octanol–water partition coefficient (Wildman–Crippen LogP) is 5.27. The lowest BCUT2D eigenvalue weighted by Gasteiger charge is -2.21. The molecule has 0 amide bonds. The number of halogens is 1. The van der Waals surface area contributed by atoms with Crippen LogP contribution in [0.3, 0.4) is 0 Å². The molecule has 0 aliphatic heterocycles. The van der Waals surface area contributed by atoms with E-state index in [9.17, 15) is 0 Å². The number of aryl methyl sites for hydroxylation is 1. The molecular weight excluding hydrogens is 242 g/mol. The Bertz CT molecular complexity index is 349. The van der Waals surface area contributed by atoms with Gasteiger partial charge in [-0.25, -0.2) is 0 Å². The number of unbranched alkanes of at least 4 members (excludes halogenated alkanes) is 2. The van der Waals surface area contributed by atoms with Crippen molar-refractivity contribution in [3.05, 3.63) is 34.3 Å². The maximum absolute atomic E-state index is 6.44. The number of benzene rings is 1. The van der Waals surface area contributed by atoms with Crippen LogP contribution in [-0.4, -0.2) is 6.54 Å². The van der Waals surface area contributed by atoms with Crippen LogP contribution in [0.2, 0.25) is 5.02 Å². The summed E-state index contributed by atoms with van der Waals surface area (Å²) in [5.41, 5.74) is 2.44. The van der Waals surface area contributed by atoms with Crippen molar-refractivity contribution in [2.24, 2.45) is 0 Å². The van der Waals surface area contributed by atoms with Crippen molar-refractivity contribution < 1.29 is 0 Å². The van der Waals surface area contributed by atoms with Crippen LogP contribution >= 0.6 is 11.6 Å². The molecule has 0 spiro atoms. The molecule has 0 saturated heterocycles. The van der Waals surface area contributed by atoms with Crippen LogP contribution in [0.25, 0.3) is 0 Å². The zero-order chi connectivity index (χ0) is 13.4. The van der Waals surface area contributed by atoms with Crippen molar-refractivity contribution in [3.8, 4) is 0 Å². The van der Waals surface area contributed by atoms with Gasteiger partial charge < -0.3 is 5.32 Å². The molecule has 0 saturated carbocycles. The second-order valence-corrected chi connectivity index (χ2v) is 5.36. The summed E-state index contributed by atoms with van der Waals surface area (Å²) >= 11 is 6.44. The van der Waals surface area contributed by atoms with E-state index in [2.05, 4.69) is 44.3 Å². The van der Waals surface area contributed by atoms with Gasteiger partial charge >= 0.3 is 0 Å². The zero-order valence-corrected chi connectivity index (χ0v) is 12.7. The Hall–Kier alpha value is -0.530. The van der Waals surface area contributed by atoms with E-state index in [1.165, 1.54) is 36.8 Å². The maximum Gasteiger partial charge on any atom is 0.0482 e. The minimum Gasteiger partial charge on any atom is -0.310 e. The molecule has 1 unspecified atom stereocenters. The van der Waals surface area contributed by atoms with E-state index in [-0.39, 0.29) is 0 Å². The highest BCUT2D eigenvalue weighted by Crippen LogP contribution is 2.29. The van der Waals surface area contributed by atoms with Crippen molar-refractivity contribution in [3.63, 3.8) is 0 Å². The first-order chi connectivity index (χ1) is 8.70. The van der Waals surface area contributed by atoms with E-state index >= 15 is 0 Å². The van der Waals surface area contributed by atoms with Gasteiger partial charge in [-0.3, -0.25) is 0 Å². The van der Waals surface area contributed by atoms with Gasteiger partial charge in [-0.15, -0.1) is 0 Å². The standard InChI is InChI=1S/C16H26ClN/c1-4-6-7-11-15(18-12-5-2)14-10-8-9-13(3)16(14)17/h8-10,15,18H,4-7,11-12H2,1-3H3. The van der Waals surface area contributed by atoms with Crippen LogP contribution in [0.15, 0.2) is 18.2 Å². The van der Waals surface area contributed by atoms with Crippen molar-refractivity contribution in [1.29, 1.82) is 0 Å². The van der Waals surface area contributed by atoms with Crippen molar-refractivity contribution in [2.75, 3.05) is 6.54 Å². The van der Waals surface area contributed by atoms with Crippen LogP contribution in [-0.2, 0) is 0 Å². The molecule has 1 aromatic rings. The quantitative estimate of drug-likeness (QED) is 0.633. The van der Waals surface area contributed by atoms with E-state index in [4.69, 9.17) is 11.6 Å². The summed E-state index contributed by atoms with van der Waals surface area (Å²) < 4.78 is 0. The van der Waals surface area contributed by atoms with Crippen LogP contribution < -0.4 is 5.32 Å². The van der Waals surface area contributed by atoms with Crippen molar-refractivity contribution in [2.45, 2.75) is 58.9 Å². The summed E-state index contributed by atoms with van der Waals surface area (Å²) in [6, 6.07) is 6.75. The Balaban J connectivity index is 2.76. The Morgan fingerprint density at radius 1 is 1.17 bits per heavy atom. The molecule has 0 aliphatic rings. The third-order valence-corrected chi connectivity index (χ3v) is 3.85. The molecule has 0 fully saturated rings. The normalized spacial score (nSPS) is 12.7. The lowest BCUT2D eigenvalue weighted by atomic mass is 9.98. The second kappa shape index (κ2) is 8.55. The number of nitrogens with one attached hydrogen (secondary N) is 1. The van der Waals surface area contributed by atoms with Gasteiger partial charge in [0.1, 0.15) is 0 Å². The largest absolute Gasteiger partial charge is 0.310 e. The Labute approximate surface area is 117 Å². The van der Waals surface area contributed by atoms with Crippen molar-refractivity contribution in [1.82, 2.24) is 5.32 Å². The average molecular weight is 268 g/mol. The van der Waals surface area contributed by atoms with Gasteiger partial charge in [-0.2, -0.15) is 0 Å². The van der Waals surface area contributed by atoms with Gasteiger partial charge in [0.25, 0.3) is 0 Å². The van der Waals surface area contributed by atoms with E-state index < -0.39 is 0 Å². The molecule has 102 valence electrons. The van der Waals surface area contributed by atoms with E-state index in [1.807, 2.05) is 0 Å². The average Bonchev–Trinajstić information content (AvgIpc) is 2.37. The fraction of sp³-hybridized carbons (Fsp3) is 0.625. The molecule has 1 nitrogen and oxygen atoms in total. The molecule has 1 aromatic carbocycles. The van der Waals surface area contributed by atoms with Gasteiger partial charge in [-0.1, -0.05) is 62.9 Å². The monoisotopic (exact) mass is 267 g/mol. The minimum atomic E-state index is 0.406. The molecule has 0 bridgehead atoms. The predicted molar refractivity (Wildman–Crippen MR) is 81.4 cm³/mol. The molecule has 1 rings (SSSR count). The summed E-state index contributed by atoms with van der Waals surface area (Å²) in [6.45, 7) is 7.58. The first-order valence-electron chi connectivity index (χ1n) is 7.19. The van der Waals surface area contributed by atoms with Gasteiger partial charge in [0.2, 0.25) is 0 Å². The zero-order valence-electron chi connectivity index (χ0n) is 11.9. The maximum atomic E-state index is 6.44. The molecule has 0 aromatic heterocycles. The third kappa shape index (κ3) is 4.62. The summed E-state index contributed by atoms with van der Waals surface area (Å²) in [6.07, 6.45) is 6.17. The van der Waals surface area contributed by atoms with E-state index in [1.54, 1.807) is 0 Å². The van der Waals surface area contributed by atoms with Crippen LogP contribution in [0.1, 0.15) is 63.1 Å².